The molecule has 148 valence electrons. The zero-order valence-corrected chi connectivity index (χ0v) is 16.4. The first-order valence-corrected chi connectivity index (χ1v) is 9.21. The van der Waals surface area contributed by atoms with Crippen molar-refractivity contribution in [3.8, 4) is 0 Å². The Balaban J connectivity index is 1.72. The molecule has 0 unspecified atom stereocenters. The maximum atomic E-state index is 12.9. The standard InChI is InChI=1S/C19H22ClN5O3/c1-10-5-14(20)13(7-15(10)21)18(27)25-4-3-24(9-11(25)2)19(28)16-6-12(8-23-16)17(22)26/h5-8,11,23H,3-4,9,21H2,1-2H3,(H2,22,26)/t11-/m1/s1. The summed E-state index contributed by atoms with van der Waals surface area (Å²) in [5, 5.41) is 0.354. The third kappa shape index (κ3) is 3.68. The van der Waals surface area contributed by atoms with Gasteiger partial charge in [0.05, 0.1) is 16.1 Å². The summed E-state index contributed by atoms with van der Waals surface area (Å²) in [6.45, 7) is 4.77. The summed E-state index contributed by atoms with van der Waals surface area (Å²) in [6, 6.07) is 4.49. The maximum Gasteiger partial charge on any atom is 0.270 e. The summed E-state index contributed by atoms with van der Waals surface area (Å²) in [5.74, 6) is -1.07. The van der Waals surface area contributed by atoms with E-state index in [0.717, 1.165) is 5.56 Å². The number of piperazine rings is 1. The number of aromatic nitrogens is 1. The van der Waals surface area contributed by atoms with Gasteiger partial charge in [0, 0.05) is 37.6 Å². The SMILES string of the molecule is Cc1cc(Cl)c(C(=O)N2CCN(C(=O)c3cc(C(N)=O)c[nH]3)C[C@H]2C)cc1N. The summed E-state index contributed by atoms with van der Waals surface area (Å²) in [5.41, 5.74) is 13.3. The summed E-state index contributed by atoms with van der Waals surface area (Å²) in [6.07, 6.45) is 1.41. The van der Waals surface area contributed by atoms with Gasteiger partial charge in [-0.2, -0.15) is 0 Å². The molecule has 1 saturated heterocycles. The lowest BCUT2D eigenvalue weighted by atomic mass is 10.1. The van der Waals surface area contributed by atoms with Crippen LogP contribution in [0.2, 0.25) is 5.02 Å². The first-order chi connectivity index (χ1) is 13.2. The molecule has 1 aromatic carbocycles. The number of primary amides is 1. The highest BCUT2D eigenvalue weighted by molar-refractivity contribution is 6.34. The van der Waals surface area contributed by atoms with Gasteiger partial charge in [-0.15, -0.1) is 0 Å². The largest absolute Gasteiger partial charge is 0.398 e. The molecule has 1 fully saturated rings. The van der Waals surface area contributed by atoms with Crippen LogP contribution < -0.4 is 11.5 Å². The number of carbonyl (C=O) groups excluding carboxylic acids is 3. The van der Waals surface area contributed by atoms with E-state index in [1.807, 2.05) is 13.8 Å². The topological polar surface area (TPSA) is 126 Å². The van der Waals surface area contributed by atoms with Gasteiger partial charge in [0.25, 0.3) is 11.8 Å². The Morgan fingerprint density at radius 2 is 1.89 bits per heavy atom. The molecule has 8 nitrogen and oxygen atoms in total. The second kappa shape index (κ2) is 7.55. The highest BCUT2D eigenvalue weighted by Crippen LogP contribution is 2.26. The van der Waals surface area contributed by atoms with E-state index in [-0.39, 0.29) is 29.1 Å². The number of rotatable bonds is 3. The minimum atomic E-state index is -0.603. The van der Waals surface area contributed by atoms with E-state index < -0.39 is 5.91 Å². The molecule has 0 spiro atoms. The fourth-order valence-corrected chi connectivity index (χ4v) is 3.58. The minimum absolute atomic E-state index is 0.214. The van der Waals surface area contributed by atoms with Crippen LogP contribution in [0, 0.1) is 6.92 Å². The molecule has 2 aromatic rings. The van der Waals surface area contributed by atoms with E-state index in [1.165, 1.54) is 12.3 Å². The monoisotopic (exact) mass is 403 g/mol. The lowest BCUT2D eigenvalue weighted by Crippen LogP contribution is -2.55. The molecule has 9 heteroatoms. The van der Waals surface area contributed by atoms with E-state index in [1.54, 1.807) is 21.9 Å². The fourth-order valence-electron chi connectivity index (χ4n) is 3.28. The van der Waals surface area contributed by atoms with E-state index >= 15 is 0 Å². The van der Waals surface area contributed by atoms with Crippen LogP contribution in [0.4, 0.5) is 5.69 Å². The Kier molecular flexibility index (Phi) is 5.33. The normalized spacial score (nSPS) is 16.9. The van der Waals surface area contributed by atoms with Crippen molar-refractivity contribution in [1.82, 2.24) is 14.8 Å². The number of nitrogens with one attached hydrogen (secondary N) is 1. The van der Waals surface area contributed by atoms with Crippen molar-refractivity contribution in [2.45, 2.75) is 19.9 Å². The number of hydrogen-bond acceptors (Lipinski definition) is 4. The van der Waals surface area contributed by atoms with Crippen LogP contribution in [0.25, 0.3) is 0 Å². The third-order valence-corrected chi connectivity index (χ3v) is 5.27. The first-order valence-electron chi connectivity index (χ1n) is 8.83. The summed E-state index contributed by atoms with van der Waals surface area (Å²) in [4.78, 5) is 42.9. The van der Waals surface area contributed by atoms with Gasteiger partial charge >= 0.3 is 0 Å². The zero-order chi connectivity index (χ0) is 20.6. The number of anilines is 1. The highest BCUT2D eigenvalue weighted by atomic mass is 35.5. The molecule has 1 atom stereocenters. The van der Waals surface area contributed by atoms with Crippen LogP contribution in [0.3, 0.4) is 0 Å². The number of aryl methyl sites for hydroxylation is 1. The molecule has 3 rings (SSSR count). The fraction of sp³-hybridized carbons (Fsp3) is 0.316. The van der Waals surface area contributed by atoms with Crippen molar-refractivity contribution in [2.75, 3.05) is 25.4 Å². The van der Waals surface area contributed by atoms with Crippen molar-refractivity contribution >= 4 is 35.0 Å². The highest BCUT2D eigenvalue weighted by Gasteiger charge is 2.32. The smallest absolute Gasteiger partial charge is 0.270 e. The number of hydrogen-bond donors (Lipinski definition) is 3. The van der Waals surface area contributed by atoms with Crippen LogP contribution in [0.5, 0.6) is 0 Å². The van der Waals surface area contributed by atoms with Crippen LogP contribution in [0.15, 0.2) is 24.4 Å². The lowest BCUT2D eigenvalue weighted by molar-refractivity contribution is 0.0412. The Morgan fingerprint density at radius 1 is 1.18 bits per heavy atom. The number of nitrogens with two attached hydrogens (primary N) is 2. The predicted molar refractivity (Wildman–Crippen MR) is 106 cm³/mol. The quantitative estimate of drug-likeness (QED) is 0.673. The number of halogens is 1. The summed E-state index contributed by atoms with van der Waals surface area (Å²) >= 11 is 6.24. The van der Waals surface area contributed by atoms with Gasteiger partial charge in [0.15, 0.2) is 0 Å². The molecule has 0 aliphatic carbocycles. The van der Waals surface area contributed by atoms with Crippen molar-refractivity contribution in [3.63, 3.8) is 0 Å². The number of nitrogens with zero attached hydrogens (tertiary/aromatic N) is 2. The molecule has 5 N–H and O–H groups in total. The van der Waals surface area contributed by atoms with E-state index in [0.29, 0.717) is 35.9 Å². The summed E-state index contributed by atoms with van der Waals surface area (Å²) < 4.78 is 0. The summed E-state index contributed by atoms with van der Waals surface area (Å²) in [7, 11) is 0. The minimum Gasteiger partial charge on any atom is -0.398 e. The Bertz CT molecular complexity index is 955. The number of nitrogen functional groups attached to an aromatic ring is 1. The van der Waals surface area contributed by atoms with Gasteiger partial charge in [-0.05, 0) is 37.6 Å². The molecule has 0 bridgehead atoms. The van der Waals surface area contributed by atoms with Crippen LogP contribution in [0.1, 0.15) is 43.7 Å². The molecule has 3 amide bonds. The first kappa shape index (κ1) is 19.8. The number of benzene rings is 1. The van der Waals surface area contributed by atoms with Crippen LogP contribution in [-0.2, 0) is 0 Å². The maximum absolute atomic E-state index is 12.9. The molecule has 28 heavy (non-hydrogen) atoms. The second-order valence-corrected chi connectivity index (χ2v) is 7.36. The molecule has 1 aromatic heterocycles. The molecular formula is C19H22ClN5O3. The van der Waals surface area contributed by atoms with Crippen molar-refractivity contribution in [3.05, 3.63) is 51.8 Å². The number of carbonyl (C=O) groups is 3. The van der Waals surface area contributed by atoms with Crippen LogP contribution in [-0.4, -0.2) is 58.2 Å². The Hall–Kier alpha value is -3.00. The molecule has 0 radical (unpaired) electrons. The van der Waals surface area contributed by atoms with Gasteiger partial charge < -0.3 is 26.3 Å². The Labute approximate surface area is 167 Å². The molecular weight excluding hydrogens is 382 g/mol. The second-order valence-electron chi connectivity index (χ2n) is 6.95. The number of H-pyrrole nitrogens is 1. The average Bonchev–Trinajstić information content (AvgIpc) is 3.14. The van der Waals surface area contributed by atoms with E-state index in [2.05, 4.69) is 4.98 Å². The molecule has 2 heterocycles. The third-order valence-electron chi connectivity index (χ3n) is 4.96. The predicted octanol–water partition coefficient (Wildman–Crippen LogP) is 1.64. The van der Waals surface area contributed by atoms with Crippen molar-refractivity contribution in [1.29, 1.82) is 0 Å². The number of amides is 3. The van der Waals surface area contributed by atoms with Gasteiger partial charge in [0.1, 0.15) is 5.69 Å². The van der Waals surface area contributed by atoms with Crippen molar-refractivity contribution in [2.24, 2.45) is 5.73 Å². The van der Waals surface area contributed by atoms with Crippen molar-refractivity contribution < 1.29 is 14.4 Å². The average molecular weight is 404 g/mol. The van der Waals surface area contributed by atoms with Gasteiger partial charge in [-0.3, -0.25) is 14.4 Å². The molecule has 0 saturated carbocycles. The van der Waals surface area contributed by atoms with Gasteiger partial charge in [-0.1, -0.05) is 11.6 Å². The molecule has 1 aliphatic rings. The Morgan fingerprint density at radius 3 is 2.50 bits per heavy atom. The van der Waals surface area contributed by atoms with E-state index in [9.17, 15) is 14.4 Å². The van der Waals surface area contributed by atoms with Crippen LogP contribution >= 0.6 is 11.6 Å². The van der Waals surface area contributed by atoms with Gasteiger partial charge in [-0.25, -0.2) is 0 Å². The van der Waals surface area contributed by atoms with E-state index in [4.69, 9.17) is 23.1 Å². The molecule has 1 aliphatic heterocycles. The lowest BCUT2D eigenvalue weighted by Gasteiger charge is -2.40. The zero-order valence-electron chi connectivity index (χ0n) is 15.7. The van der Waals surface area contributed by atoms with Gasteiger partial charge in [0.2, 0.25) is 5.91 Å². The number of aromatic amines is 1.